The Bertz CT molecular complexity index is 1880. The molecule has 0 saturated carbocycles. The van der Waals surface area contributed by atoms with Crippen LogP contribution in [-0.2, 0) is 32.7 Å². The minimum absolute atomic E-state index is 0.0504. The fraction of sp³-hybridized carbons (Fsp3) is 0.722. The molecule has 2 atom stereocenters. The topological polar surface area (TPSA) is 134 Å². The molecule has 0 rings (SSSR count). The zero-order valence-corrected chi connectivity index (χ0v) is 58.5. The van der Waals surface area contributed by atoms with Crippen LogP contribution in [-0.4, -0.2) is 49.3 Å². The average molecular weight is 1260 g/mol. The summed E-state index contributed by atoms with van der Waals surface area (Å²) in [6.07, 6.45) is 103. The summed E-state index contributed by atoms with van der Waals surface area (Å²) in [5, 5.41) is 0. The predicted molar refractivity (Wildman–Crippen MR) is 385 cm³/mol. The van der Waals surface area contributed by atoms with Crippen molar-refractivity contribution in [3.8, 4) is 0 Å². The Morgan fingerprint density at radius 3 is 0.933 bits per heavy atom. The number of rotatable bonds is 69. The summed E-state index contributed by atoms with van der Waals surface area (Å²) in [4.78, 5) is 35.4. The second-order valence-electron chi connectivity index (χ2n) is 24.4. The van der Waals surface area contributed by atoms with Crippen molar-refractivity contribution in [3.05, 3.63) is 122 Å². The van der Waals surface area contributed by atoms with Gasteiger partial charge < -0.3 is 20.1 Å². The monoisotopic (exact) mass is 1260 g/mol. The van der Waals surface area contributed by atoms with Crippen LogP contribution in [0.2, 0.25) is 0 Å². The highest BCUT2D eigenvalue weighted by atomic mass is 31.2. The van der Waals surface area contributed by atoms with Gasteiger partial charge in [-0.3, -0.25) is 18.6 Å². The van der Waals surface area contributed by atoms with Gasteiger partial charge in [0.05, 0.1) is 13.2 Å². The number of hydrogen-bond donors (Lipinski definition) is 2. The molecule has 0 saturated heterocycles. The molecule has 0 aromatic rings. The molecule has 512 valence electrons. The van der Waals surface area contributed by atoms with E-state index in [0.29, 0.717) is 6.42 Å². The van der Waals surface area contributed by atoms with Crippen molar-refractivity contribution < 1.29 is 37.6 Å². The summed E-state index contributed by atoms with van der Waals surface area (Å²) < 4.78 is 33.2. The van der Waals surface area contributed by atoms with E-state index in [1.54, 1.807) is 0 Å². The molecule has 0 radical (unpaired) electrons. The molecule has 0 aliphatic rings. The van der Waals surface area contributed by atoms with Crippen LogP contribution in [0.5, 0.6) is 0 Å². The molecule has 0 aliphatic heterocycles. The molecule has 3 N–H and O–H groups in total. The molecule has 9 nitrogen and oxygen atoms in total. The zero-order valence-electron chi connectivity index (χ0n) is 57.6. The SMILES string of the molecule is CC/C=C\C/C=C\C/C=C\C/C=C\C/C=C\C/C=C\C/C=C\C/C=C\C/C=C\CCCCCCCCCCCCCCCC(=O)OC(COC(=O)CCCCCCCCCCCCCCCCC/C=C\CCCCCCCCCC)COP(=O)(O)OCCN. The van der Waals surface area contributed by atoms with Crippen LogP contribution in [0.4, 0.5) is 0 Å². The van der Waals surface area contributed by atoms with E-state index in [1.165, 1.54) is 205 Å². The molecule has 0 heterocycles. The molecule has 0 bridgehead atoms. The van der Waals surface area contributed by atoms with Crippen molar-refractivity contribution in [3.63, 3.8) is 0 Å². The summed E-state index contributed by atoms with van der Waals surface area (Å²) >= 11 is 0. The third kappa shape index (κ3) is 73.3. The Morgan fingerprint density at radius 1 is 0.348 bits per heavy atom. The van der Waals surface area contributed by atoms with Gasteiger partial charge in [0.1, 0.15) is 6.61 Å². The van der Waals surface area contributed by atoms with Gasteiger partial charge in [-0.2, -0.15) is 0 Å². The number of phosphoric ester groups is 1. The van der Waals surface area contributed by atoms with Gasteiger partial charge in [-0.15, -0.1) is 0 Å². The number of unbranched alkanes of at least 4 members (excludes halogenated alkanes) is 36. The first kappa shape index (κ1) is 85.4. The van der Waals surface area contributed by atoms with Gasteiger partial charge in [-0.1, -0.05) is 334 Å². The maximum atomic E-state index is 12.8. The van der Waals surface area contributed by atoms with Gasteiger partial charge >= 0.3 is 19.8 Å². The smallest absolute Gasteiger partial charge is 0.462 e. The lowest BCUT2D eigenvalue weighted by molar-refractivity contribution is -0.161. The predicted octanol–water partition coefficient (Wildman–Crippen LogP) is 24.6. The third-order valence-electron chi connectivity index (χ3n) is 15.8. The highest BCUT2D eigenvalue weighted by Crippen LogP contribution is 2.43. The van der Waals surface area contributed by atoms with Gasteiger partial charge in [-0.25, -0.2) is 4.57 Å². The van der Waals surface area contributed by atoms with E-state index in [-0.39, 0.29) is 38.6 Å². The van der Waals surface area contributed by atoms with E-state index < -0.39 is 26.5 Å². The molecule has 2 unspecified atom stereocenters. The molecular formula is C79H138NO8P. The van der Waals surface area contributed by atoms with Gasteiger partial charge in [0.25, 0.3) is 0 Å². The second-order valence-corrected chi connectivity index (χ2v) is 25.9. The number of phosphoric acid groups is 1. The van der Waals surface area contributed by atoms with Crippen molar-refractivity contribution in [1.29, 1.82) is 0 Å². The maximum Gasteiger partial charge on any atom is 0.472 e. The first-order chi connectivity index (χ1) is 43.8. The molecule has 0 spiro atoms. The Hall–Kier alpha value is -3.59. The lowest BCUT2D eigenvalue weighted by Crippen LogP contribution is -2.29. The molecule has 89 heavy (non-hydrogen) atoms. The van der Waals surface area contributed by atoms with Crippen LogP contribution in [0.1, 0.15) is 335 Å². The first-order valence-electron chi connectivity index (χ1n) is 37.0. The minimum atomic E-state index is -4.40. The number of carbonyl (C=O) groups excluding carboxylic acids is 2. The largest absolute Gasteiger partial charge is 0.472 e. The van der Waals surface area contributed by atoms with E-state index in [0.717, 1.165) is 96.3 Å². The number of allylic oxidation sites excluding steroid dienone is 20. The molecular weight excluding hydrogens is 1120 g/mol. The summed E-state index contributed by atoms with van der Waals surface area (Å²) in [6, 6.07) is 0. The Kier molecular flexibility index (Phi) is 70.5. The van der Waals surface area contributed by atoms with Crippen molar-refractivity contribution in [2.24, 2.45) is 5.73 Å². The summed E-state index contributed by atoms with van der Waals surface area (Å²) in [5.41, 5.74) is 5.41. The number of nitrogens with two attached hydrogens (primary N) is 1. The van der Waals surface area contributed by atoms with E-state index in [2.05, 4.69) is 135 Å². The second kappa shape index (κ2) is 73.5. The summed E-state index contributed by atoms with van der Waals surface area (Å²) in [6.45, 7) is 3.66. The van der Waals surface area contributed by atoms with Gasteiger partial charge in [0, 0.05) is 19.4 Å². The standard InChI is InChI=1S/C79H138NO8P/c1-3-5-7-9-11-13-15-17-19-21-23-25-27-29-31-32-33-34-35-36-37-38-39-40-41-42-43-44-46-48-50-52-54-56-58-60-62-64-66-68-70-72-79(82)88-77(76-87-89(83,84)86-74-73-80)75-85-78(81)71-69-67-65-63-61-59-57-55-53-51-49-47-45-30-28-26-24-22-20-18-16-14-12-10-8-6-4-2/h5,7,11,13,17,19,22-25,29,31,33-34,36-37,39-40,42-43,77H,3-4,6,8-10,12,14-16,18,20-21,26-28,30,32,35,38,41,44-76,80H2,1-2H3,(H,83,84)/b7-5-,13-11-,19-17-,24-22-,25-23-,31-29-,34-33-,37-36-,40-39-,43-42-. The van der Waals surface area contributed by atoms with E-state index >= 15 is 0 Å². The highest BCUT2D eigenvalue weighted by molar-refractivity contribution is 7.47. The lowest BCUT2D eigenvalue weighted by atomic mass is 10.0. The lowest BCUT2D eigenvalue weighted by Gasteiger charge is -2.19. The summed E-state index contributed by atoms with van der Waals surface area (Å²) in [5.74, 6) is -0.821. The van der Waals surface area contributed by atoms with Crippen molar-refractivity contribution in [2.75, 3.05) is 26.4 Å². The fourth-order valence-electron chi connectivity index (χ4n) is 10.4. The number of ether oxygens (including phenoxy) is 2. The van der Waals surface area contributed by atoms with Crippen LogP contribution in [0.25, 0.3) is 0 Å². The van der Waals surface area contributed by atoms with Gasteiger partial charge in [0.15, 0.2) is 6.10 Å². The third-order valence-corrected chi connectivity index (χ3v) is 16.8. The number of hydrogen-bond acceptors (Lipinski definition) is 8. The Morgan fingerprint density at radius 2 is 0.618 bits per heavy atom. The average Bonchev–Trinajstić information content (AvgIpc) is 3.58. The normalized spacial score (nSPS) is 13.6. The Balaban J connectivity index is 3.88. The van der Waals surface area contributed by atoms with E-state index in [9.17, 15) is 19.0 Å². The first-order valence-corrected chi connectivity index (χ1v) is 38.5. The summed E-state index contributed by atoms with van der Waals surface area (Å²) in [7, 11) is -4.40. The fourth-order valence-corrected chi connectivity index (χ4v) is 11.2. The molecule has 0 amide bonds. The molecule has 10 heteroatoms. The van der Waals surface area contributed by atoms with Crippen LogP contribution >= 0.6 is 7.82 Å². The van der Waals surface area contributed by atoms with Gasteiger partial charge in [0.2, 0.25) is 0 Å². The van der Waals surface area contributed by atoms with Crippen molar-refractivity contribution >= 4 is 19.8 Å². The quantitative estimate of drug-likeness (QED) is 0.0264. The molecule has 0 fully saturated rings. The maximum absolute atomic E-state index is 12.8. The van der Waals surface area contributed by atoms with Crippen LogP contribution in [0, 0.1) is 0 Å². The van der Waals surface area contributed by atoms with E-state index in [1.807, 2.05) is 0 Å². The number of carbonyl (C=O) groups is 2. The zero-order chi connectivity index (χ0) is 64.4. The molecule has 0 aliphatic carbocycles. The van der Waals surface area contributed by atoms with Crippen LogP contribution in [0.15, 0.2) is 122 Å². The molecule has 0 aromatic carbocycles. The highest BCUT2D eigenvalue weighted by Gasteiger charge is 2.26. The van der Waals surface area contributed by atoms with Crippen LogP contribution < -0.4 is 5.73 Å². The van der Waals surface area contributed by atoms with Crippen molar-refractivity contribution in [1.82, 2.24) is 0 Å². The van der Waals surface area contributed by atoms with E-state index in [4.69, 9.17) is 24.3 Å². The Labute approximate surface area is 549 Å². The molecule has 0 aromatic heterocycles. The number of esters is 2. The van der Waals surface area contributed by atoms with Crippen molar-refractivity contribution in [2.45, 2.75) is 341 Å². The van der Waals surface area contributed by atoms with Crippen LogP contribution in [0.3, 0.4) is 0 Å². The van der Waals surface area contributed by atoms with Gasteiger partial charge in [-0.05, 0) is 109 Å². The minimum Gasteiger partial charge on any atom is -0.462 e.